The van der Waals surface area contributed by atoms with E-state index < -0.39 is 5.25 Å². The van der Waals surface area contributed by atoms with Crippen molar-refractivity contribution in [3.05, 3.63) is 83.9 Å². The molecule has 0 spiro atoms. The van der Waals surface area contributed by atoms with Gasteiger partial charge in [0.15, 0.2) is 22.5 Å². The molecule has 1 N–H and O–H groups in total. The van der Waals surface area contributed by atoms with Gasteiger partial charge >= 0.3 is 0 Å². The summed E-state index contributed by atoms with van der Waals surface area (Å²) >= 11 is 1.22. The van der Waals surface area contributed by atoms with Crippen LogP contribution in [0.4, 0.5) is 8.78 Å². The normalized spacial score (nSPS) is 13.0. The van der Waals surface area contributed by atoms with E-state index in [1.54, 1.807) is 35.8 Å². The molecule has 0 aliphatic carbocycles. The van der Waals surface area contributed by atoms with Crippen molar-refractivity contribution < 1.29 is 23.0 Å². The number of rotatable bonds is 7. The maximum atomic E-state index is 13.6. The first kappa shape index (κ1) is 22.9. The van der Waals surface area contributed by atoms with Crippen LogP contribution < -0.4 is 14.8 Å². The number of hydrogen-bond donors (Lipinski definition) is 1. The van der Waals surface area contributed by atoms with Crippen molar-refractivity contribution in [3.8, 4) is 28.6 Å². The molecular weight excluding hydrogens is 474 g/mol. The molecule has 7 nitrogen and oxygen atoms in total. The fraction of sp³-hybridized carbons (Fsp3) is 0.160. The minimum absolute atomic E-state index is 0.188. The standard InChI is InChI=1S/C25H20F2N4O3S/c1-15(24(32)28-13-16-2-11-21-22(12-16)34-14-33-21)35-25-30-29-23(17-3-5-18(26)6-4-17)31(25)20-9-7-19(27)8-10-20/h2-12,15H,13-14H2,1H3,(H,28,32). The molecular formula is C25H20F2N4O3S. The summed E-state index contributed by atoms with van der Waals surface area (Å²) in [5.41, 5.74) is 2.13. The third kappa shape index (κ3) is 4.97. The lowest BCUT2D eigenvalue weighted by Crippen LogP contribution is -2.30. The molecule has 3 aromatic carbocycles. The number of nitrogens with one attached hydrogen (secondary N) is 1. The van der Waals surface area contributed by atoms with E-state index in [1.165, 1.54) is 36.0 Å². The molecule has 0 saturated heterocycles. The van der Waals surface area contributed by atoms with Crippen LogP contribution in [0, 0.1) is 11.6 Å². The molecule has 0 radical (unpaired) electrons. The number of halogens is 2. The molecule has 1 aliphatic heterocycles. The summed E-state index contributed by atoms with van der Waals surface area (Å²) in [6.07, 6.45) is 0. The molecule has 5 rings (SSSR count). The van der Waals surface area contributed by atoms with E-state index in [0.717, 1.165) is 5.56 Å². The summed E-state index contributed by atoms with van der Waals surface area (Å²) in [5, 5.41) is 11.4. The topological polar surface area (TPSA) is 78.3 Å². The zero-order chi connectivity index (χ0) is 24.4. The highest BCUT2D eigenvalue weighted by atomic mass is 32.2. The van der Waals surface area contributed by atoms with Gasteiger partial charge in [-0.25, -0.2) is 8.78 Å². The fourth-order valence-electron chi connectivity index (χ4n) is 3.55. The minimum atomic E-state index is -0.506. The molecule has 1 aromatic heterocycles. The number of benzene rings is 3. The molecule has 0 saturated carbocycles. The second kappa shape index (κ2) is 9.75. The summed E-state index contributed by atoms with van der Waals surface area (Å²) < 4.78 is 39.4. The second-order valence-electron chi connectivity index (χ2n) is 7.79. The van der Waals surface area contributed by atoms with Crippen LogP contribution >= 0.6 is 11.8 Å². The Morgan fingerprint density at radius 2 is 1.69 bits per heavy atom. The number of aromatic nitrogens is 3. The molecule has 35 heavy (non-hydrogen) atoms. The van der Waals surface area contributed by atoms with Crippen molar-refractivity contribution in [3.63, 3.8) is 0 Å². The quantitative estimate of drug-likeness (QED) is 0.374. The Morgan fingerprint density at radius 3 is 2.43 bits per heavy atom. The van der Waals surface area contributed by atoms with Crippen LogP contribution in [0.5, 0.6) is 11.5 Å². The van der Waals surface area contributed by atoms with Gasteiger partial charge in [-0.1, -0.05) is 17.8 Å². The van der Waals surface area contributed by atoms with Gasteiger partial charge in [0.1, 0.15) is 11.6 Å². The molecule has 1 amide bonds. The fourth-order valence-corrected chi connectivity index (χ4v) is 4.44. The van der Waals surface area contributed by atoms with E-state index in [4.69, 9.17) is 9.47 Å². The van der Waals surface area contributed by atoms with E-state index in [-0.39, 0.29) is 24.3 Å². The van der Waals surface area contributed by atoms with Crippen LogP contribution in [0.1, 0.15) is 12.5 Å². The van der Waals surface area contributed by atoms with Crippen LogP contribution in [-0.4, -0.2) is 32.7 Å². The molecule has 2 heterocycles. The Labute approximate surface area is 204 Å². The van der Waals surface area contributed by atoms with Crippen LogP contribution in [0.25, 0.3) is 17.1 Å². The van der Waals surface area contributed by atoms with Gasteiger partial charge in [-0.3, -0.25) is 9.36 Å². The number of thioether (sulfide) groups is 1. The molecule has 0 bridgehead atoms. The van der Waals surface area contributed by atoms with Crippen molar-refractivity contribution >= 4 is 17.7 Å². The van der Waals surface area contributed by atoms with Gasteiger partial charge in [-0.2, -0.15) is 0 Å². The van der Waals surface area contributed by atoms with Gasteiger partial charge in [0.25, 0.3) is 0 Å². The van der Waals surface area contributed by atoms with Gasteiger partial charge in [-0.15, -0.1) is 10.2 Å². The largest absolute Gasteiger partial charge is 0.454 e. The first-order valence-corrected chi connectivity index (χ1v) is 11.7. The highest BCUT2D eigenvalue weighted by Gasteiger charge is 2.22. The maximum absolute atomic E-state index is 13.6. The van der Waals surface area contributed by atoms with Crippen LogP contribution in [0.3, 0.4) is 0 Å². The molecule has 178 valence electrons. The van der Waals surface area contributed by atoms with E-state index in [2.05, 4.69) is 15.5 Å². The third-order valence-electron chi connectivity index (χ3n) is 5.38. The summed E-state index contributed by atoms with van der Waals surface area (Å²) in [7, 11) is 0. The Balaban J connectivity index is 1.35. The van der Waals surface area contributed by atoms with E-state index >= 15 is 0 Å². The van der Waals surface area contributed by atoms with Crippen LogP contribution in [0.15, 0.2) is 71.9 Å². The summed E-state index contributed by atoms with van der Waals surface area (Å²) in [6, 6.07) is 17.2. The highest BCUT2D eigenvalue weighted by Crippen LogP contribution is 2.33. The average Bonchev–Trinajstić information content (AvgIpc) is 3.50. The number of carbonyl (C=O) groups excluding carboxylic acids is 1. The molecule has 1 aliphatic rings. The van der Waals surface area contributed by atoms with Gasteiger partial charge in [0, 0.05) is 17.8 Å². The molecule has 4 aromatic rings. The molecule has 0 fully saturated rings. The Morgan fingerprint density at radius 1 is 1.00 bits per heavy atom. The van der Waals surface area contributed by atoms with Gasteiger partial charge < -0.3 is 14.8 Å². The predicted molar refractivity (Wildman–Crippen MR) is 126 cm³/mol. The summed E-state index contributed by atoms with van der Waals surface area (Å²) in [5.74, 6) is 0.845. The van der Waals surface area contributed by atoms with Crippen molar-refractivity contribution in [2.75, 3.05) is 6.79 Å². The minimum Gasteiger partial charge on any atom is -0.454 e. The number of hydrogen-bond acceptors (Lipinski definition) is 6. The Hall–Kier alpha value is -3.92. The predicted octanol–water partition coefficient (Wildman–Crippen LogP) is 4.74. The zero-order valence-electron chi connectivity index (χ0n) is 18.6. The van der Waals surface area contributed by atoms with Crippen molar-refractivity contribution in [2.24, 2.45) is 0 Å². The van der Waals surface area contributed by atoms with E-state index in [9.17, 15) is 13.6 Å². The first-order chi connectivity index (χ1) is 17.0. The summed E-state index contributed by atoms with van der Waals surface area (Å²) in [6.45, 7) is 2.28. The first-order valence-electron chi connectivity index (χ1n) is 10.8. The van der Waals surface area contributed by atoms with Crippen molar-refractivity contribution in [2.45, 2.75) is 23.9 Å². The average molecular weight is 495 g/mol. The number of amides is 1. The lowest BCUT2D eigenvalue weighted by Gasteiger charge is -2.14. The lowest BCUT2D eigenvalue weighted by atomic mass is 10.2. The lowest BCUT2D eigenvalue weighted by molar-refractivity contribution is -0.120. The number of ether oxygens (including phenoxy) is 2. The maximum Gasteiger partial charge on any atom is 0.233 e. The Bertz CT molecular complexity index is 1360. The van der Waals surface area contributed by atoms with Crippen LogP contribution in [0.2, 0.25) is 0 Å². The smallest absolute Gasteiger partial charge is 0.233 e. The van der Waals surface area contributed by atoms with Gasteiger partial charge in [0.2, 0.25) is 12.7 Å². The third-order valence-corrected chi connectivity index (χ3v) is 6.42. The van der Waals surface area contributed by atoms with Gasteiger partial charge in [0.05, 0.1) is 5.25 Å². The number of carbonyl (C=O) groups is 1. The van der Waals surface area contributed by atoms with Gasteiger partial charge in [-0.05, 0) is 73.2 Å². The van der Waals surface area contributed by atoms with E-state index in [1.807, 2.05) is 18.2 Å². The Kier molecular flexibility index (Phi) is 6.37. The van der Waals surface area contributed by atoms with Crippen LogP contribution in [-0.2, 0) is 11.3 Å². The van der Waals surface area contributed by atoms with Crippen molar-refractivity contribution in [1.29, 1.82) is 0 Å². The number of fused-ring (bicyclic) bond motifs is 1. The molecule has 1 unspecified atom stereocenters. The highest BCUT2D eigenvalue weighted by molar-refractivity contribution is 8.00. The molecule has 1 atom stereocenters. The van der Waals surface area contributed by atoms with Crippen molar-refractivity contribution in [1.82, 2.24) is 20.1 Å². The second-order valence-corrected chi connectivity index (χ2v) is 9.10. The monoisotopic (exact) mass is 494 g/mol. The summed E-state index contributed by atoms with van der Waals surface area (Å²) in [4.78, 5) is 12.8. The zero-order valence-corrected chi connectivity index (χ0v) is 19.4. The number of nitrogens with zero attached hydrogens (tertiary/aromatic N) is 3. The molecule has 10 heteroatoms. The SMILES string of the molecule is CC(Sc1nnc(-c2ccc(F)cc2)n1-c1ccc(F)cc1)C(=O)NCc1ccc2c(c1)OCO2. The van der Waals surface area contributed by atoms with E-state index in [0.29, 0.717) is 40.3 Å².